The summed E-state index contributed by atoms with van der Waals surface area (Å²) in [4.78, 5) is 24.1. The number of carbonyl (C=O) groups excluding carboxylic acids is 1. The zero-order chi connectivity index (χ0) is 14.9. The number of aromatic nitrogens is 3. The van der Waals surface area contributed by atoms with Crippen molar-refractivity contribution in [2.75, 3.05) is 6.54 Å². The predicted octanol–water partition coefficient (Wildman–Crippen LogP) is 2.86. The number of fused-ring (bicyclic) bond motifs is 1. The standard InChI is InChI=1S/C15H22N4O/c1-9(2)11-7-17-13-12(19-11)10(6-16-13)14(20)18-8-15(3,4)5/h6-7,9H,8H2,1-5H3,(H,16,17)(H,18,20). The molecule has 2 N–H and O–H groups in total. The van der Waals surface area contributed by atoms with E-state index in [0.29, 0.717) is 23.3 Å². The van der Waals surface area contributed by atoms with Gasteiger partial charge >= 0.3 is 0 Å². The van der Waals surface area contributed by atoms with Gasteiger partial charge in [-0.05, 0) is 11.3 Å². The maximum atomic E-state index is 12.2. The van der Waals surface area contributed by atoms with Crippen molar-refractivity contribution in [2.24, 2.45) is 5.41 Å². The van der Waals surface area contributed by atoms with Crippen LogP contribution in [0.15, 0.2) is 12.4 Å². The highest BCUT2D eigenvalue weighted by Crippen LogP contribution is 2.18. The molecule has 0 atom stereocenters. The lowest BCUT2D eigenvalue weighted by atomic mass is 9.97. The number of aromatic amines is 1. The van der Waals surface area contributed by atoms with Crippen LogP contribution in [-0.4, -0.2) is 27.4 Å². The van der Waals surface area contributed by atoms with E-state index in [1.54, 1.807) is 12.4 Å². The molecule has 5 nitrogen and oxygen atoms in total. The van der Waals surface area contributed by atoms with E-state index in [4.69, 9.17) is 0 Å². The van der Waals surface area contributed by atoms with E-state index < -0.39 is 0 Å². The van der Waals surface area contributed by atoms with Crippen molar-refractivity contribution in [3.05, 3.63) is 23.7 Å². The van der Waals surface area contributed by atoms with E-state index in [2.05, 4.69) is 54.9 Å². The summed E-state index contributed by atoms with van der Waals surface area (Å²) in [6.07, 6.45) is 3.42. The van der Waals surface area contributed by atoms with Crippen LogP contribution in [0.4, 0.5) is 0 Å². The highest BCUT2D eigenvalue weighted by Gasteiger charge is 2.17. The first-order chi connectivity index (χ1) is 9.28. The van der Waals surface area contributed by atoms with Crippen molar-refractivity contribution >= 4 is 17.1 Å². The molecule has 2 rings (SSSR count). The lowest BCUT2D eigenvalue weighted by Gasteiger charge is -2.18. The predicted molar refractivity (Wildman–Crippen MR) is 79.8 cm³/mol. The number of carbonyl (C=O) groups is 1. The molecule has 0 saturated carbocycles. The monoisotopic (exact) mass is 274 g/mol. The number of amides is 1. The van der Waals surface area contributed by atoms with Gasteiger partial charge < -0.3 is 10.3 Å². The van der Waals surface area contributed by atoms with Crippen molar-refractivity contribution in [1.82, 2.24) is 20.3 Å². The van der Waals surface area contributed by atoms with E-state index in [-0.39, 0.29) is 17.2 Å². The molecule has 0 radical (unpaired) electrons. The third-order valence-corrected chi connectivity index (χ3v) is 3.01. The lowest BCUT2D eigenvalue weighted by molar-refractivity contribution is 0.0941. The summed E-state index contributed by atoms with van der Waals surface area (Å²) in [6.45, 7) is 11.0. The summed E-state index contributed by atoms with van der Waals surface area (Å²) in [6, 6.07) is 0. The van der Waals surface area contributed by atoms with Gasteiger partial charge in [0.25, 0.3) is 5.91 Å². The molecule has 2 aromatic heterocycles. The van der Waals surface area contributed by atoms with Gasteiger partial charge in [0.05, 0.1) is 17.5 Å². The number of H-pyrrole nitrogens is 1. The SMILES string of the molecule is CC(C)c1cnc2[nH]cc(C(=O)NCC(C)(C)C)c2n1. The van der Waals surface area contributed by atoms with Crippen LogP contribution >= 0.6 is 0 Å². The summed E-state index contributed by atoms with van der Waals surface area (Å²) in [5.74, 6) is 0.175. The van der Waals surface area contributed by atoms with Crippen molar-refractivity contribution in [1.29, 1.82) is 0 Å². The topological polar surface area (TPSA) is 70.7 Å². The van der Waals surface area contributed by atoms with E-state index in [9.17, 15) is 4.79 Å². The molecule has 0 unspecified atom stereocenters. The second kappa shape index (κ2) is 5.23. The molecule has 0 aliphatic heterocycles. The molecule has 2 heterocycles. The number of rotatable bonds is 3. The zero-order valence-corrected chi connectivity index (χ0v) is 12.7. The molecule has 0 saturated heterocycles. The Labute approximate surface area is 119 Å². The molecular weight excluding hydrogens is 252 g/mol. The van der Waals surface area contributed by atoms with Crippen LogP contribution in [0.25, 0.3) is 11.2 Å². The quantitative estimate of drug-likeness (QED) is 0.904. The van der Waals surface area contributed by atoms with Crippen LogP contribution in [0.3, 0.4) is 0 Å². The fourth-order valence-electron chi connectivity index (χ4n) is 1.80. The van der Waals surface area contributed by atoms with Crippen LogP contribution in [0.2, 0.25) is 0 Å². The van der Waals surface area contributed by atoms with Gasteiger partial charge in [0.15, 0.2) is 5.65 Å². The minimum absolute atomic E-state index is 0.0521. The Morgan fingerprint density at radius 1 is 1.40 bits per heavy atom. The number of hydrogen-bond donors (Lipinski definition) is 2. The molecule has 0 aliphatic carbocycles. The Morgan fingerprint density at radius 2 is 2.10 bits per heavy atom. The highest BCUT2D eigenvalue weighted by molar-refractivity contribution is 6.04. The number of hydrogen-bond acceptors (Lipinski definition) is 3. The first kappa shape index (κ1) is 14.5. The normalized spacial score (nSPS) is 12.1. The van der Waals surface area contributed by atoms with Crippen molar-refractivity contribution in [3.63, 3.8) is 0 Å². The van der Waals surface area contributed by atoms with Crippen molar-refractivity contribution < 1.29 is 4.79 Å². The Hall–Kier alpha value is -1.91. The zero-order valence-electron chi connectivity index (χ0n) is 12.7. The molecule has 108 valence electrons. The lowest BCUT2D eigenvalue weighted by Crippen LogP contribution is -2.32. The first-order valence-electron chi connectivity index (χ1n) is 6.90. The molecule has 2 aromatic rings. The minimum atomic E-state index is -0.110. The highest BCUT2D eigenvalue weighted by atomic mass is 16.1. The smallest absolute Gasteiger partial charge is 0.255 e. The molecule has 0 spiro atoms. The summed E-state index contributed by atoms with van der Waals surface area (Å²) < 4.78 is 0. The Morgan fingerprint density at radius 3 is 2.70 bits per heavy atom. The van der Waals surface area contributed by atoms with Crippen LogP contribution in [0.5, 0.6) is 0 Å². The van der Waals surface area contributed by atoms with E-state index in [0.717, 1.165) is 5.69 Å². The molecule has 0 aromatic carbocycles. The number of nitrogens with one attached hydrogen (secondary N) is 2. The van der Waals surface area contributed by atoms with E-state index in [1.165, 1.54) is 0 Å². The minimum Gasteiger partial charge on any atom is -0.351 e. The van der Waals surface area contributed by atoms with E-state index in [1.807, 2.05) is 0 Å². The van der Waals surface area contributed by atoms with Crippen molar-refractivity contribution in [3.8, 4) is 0 Å². The van der Waals surface area contributed by atoms with Crippen molar-refractivity contribution in [2.45, 2.75) is 40.5 Å². The average Bonchev–Trinajstić information content (AvgIpc) is 2.77. The molecule has 0 bridgehead atoms. The average molecular weight is 274 g/mol. The first-order valence-corrected chi connectivity index (χ1v) is 6.90. The van der Waals surface area contributed by atoms with Crippen LogP contribution < -0.4 is 5.32 Å². The molecule has 1 amide bonds. The van der Waals surface area contributed by atoms with E-state index >= 15 is 0 Å². The Kier molecular flexibility index (Phi) is 3.79. The Bertz CT molecular complexity index is 622. The van der Waals surface area contributed by atoms with Gasteiger partial charge in [-0.1, -0.05) is 34.6 Å². The van der Waals surface area contributed by atoms with Gasteiger partial charge in [-0.3, -0.25) is 4.79 Å². The molecular formula is C15H22N4O. The maximum absolute atomic E-state index is 12.2. The van der Waals surface area contributed by atoms with Gasteiger partial charge in [-0.15, -0.1) is 0 Å². The molecule has 5 heteroatoms. The van der Waals surface area contributed by atoms with Crippen LogP contribution in [-0.2, 0) is 0 Å². The summed E-state index contributed by atoms with van der Waals surface area (Å²) >= 11 is 0. The van der Waals surface area contributed by atoms with Gasteiger partial charge in [0.2, 0.25) is 0 Å². The van der Waals surface area contributed by atoms with Crippen LogP contribution in [0.1, 0.15) is 56.6 Å². The third-order valence-electron chi connectivity index (χ3n) is 3.01. The number of nitrogens with zero attached hydrogens (tertiary/aromatic N) is 2. The maximum Gasteiger partial charge on any atom is 0.255 e. The fourth-order valence-corrected chi connectivity index (χ4v) is 1.80. The van der Waals surface area contributed by atoms with Gasteiger partial charge in [0, 0.05) is 12.7 Å². The Balaban J connectivity index is 2.30. The van der Waals surface area contributed by atoms with Gasteiger partial charge in [0.1, 0.15) is 5.52 Å². The summed E-state index contributed by atoms with van der Waals surface area (Å²) in [7, 11) is 0. The van der Waals surface area contributed by atoms with Gasteiger partial charge in [-0.25, -0.2) is 9.97 Å². The second-order valence-corrected chi connectivity index (χ2v) is 6.59. The van der Waals surface area contributed by atoms with Crippen LogP contribution in [0, 0.1) is 5.41 Å². The summed E-state index contributed by atoms with van der Waals surface area (Å²) in [5, 5.41) is 2.94. The molecule has 20 heavy (non-hydrogen) atoms. The fraction of sp³-hybridized carbons (Fsp3) is 0.533. The summed E-state index contributed by atoms with van der Waals surface area (Å²) in [5.41, 5.74) is 2.79. The van der Waals surface area contributed by atoms with Gasteiger partial charge in [-0.2, -0.15) is 0 Å². The second-order valence-electron chi connectivity index (χ2n) is 6.59. The third kappa shape index (κ3) is 3.15. The molecule has 0 fully saturated rings. The molecule has 0 aliphatic rings. The largest absolute Gasteiger partial charge is 0.351 e.